The normalized spacial score (nSPS) is 15.3. The first-order valence-electron chi connectivity index (χ1n) is 7.74. The monoisotopic (exact) mass is 300 g/mol. The predicted octanol–water partition coefficient (Wildman–Crippen LogP) is 2.30. The van der Waals surface area contributed by atoms with Crippen LogP contribution in [0.25, 0.3) is 10.9 Å². The first kappa shape index (κ1) is 14.8. The van der Waals surface area contributed by atoms with Gasteiger partial charge in [0.25, 0.3) is 0 Å². The van der Waals surface area contributed by atoms with Crippen LogP contribution in [0.15, 0.2) is 29.1 Å². The number of carbonyl (C=O) groups excluding carboxylic acids is 1. The predicted molar refractivity (Wildman–Crippen MR) is 85.0 cm³/mol. The lowest BCUT2D eigenvalue weighted by molar-refractivity contribution is 0.0517. The lowest BCUT2D eigenvalue weighted by Crippen LogP contribution is -2.27. The Morgan fingerprint density at radius 1 is 1.27 bits per heavy atom. The molecule has 116 valence electrons. The number of likely N-dealkylation sites (tertiary alicyclic amines) is 1. The Morgan fingerprint density at radius 3 is 2.73 bits per heavy atom. The number of esters is 1. The van der Waals surface area contributed by atoms with E-state index in [1.54, 1.807) is 19.1 Å². The zero-order valence-electron chi connectivity index (χ0n) is 12.7. The molecule has 3 rings (SSSR count). The number of H-pyrrole nitrogens is 1. The molecule has 1 saturated heterocycles. The number of benzene rings is 1. The van der Waals surface area contributed by atoms with Gasteiger partial charge in [-0.25, -0.2) is 4.79 Å². The van der Waals surface area contributed by atoms with Gasteiger partial charge < -0.3 is 9.72 Å². The van der Waals surface area contributed by atoms with Crippen molar-refractivity contribution in [2.75, 3.05) is 19.7 Å². The number of aromatic nitrogens is 1. The van der Waals surface area contributed by atoms with E-state index in [0.717, 1.165) is 25.9 Å². The summed E-state index contributed by atoms with van der Waals surface area (Å²) in [5.74, 6) is -0.459. The molecule has 1 aliphatic rings. The first-order chi connectivity index (χ1) is 10.7. The highest BCUT2D eigenvalue weighted by molar-refractivity contribution is 5.92. The van der Waals surface area contributed by atoms with E-state index in [2.05, 4.69) is 9.88 Å². The molecule has 0 unspecified atom stereocenters. The van der Waals surface area contributed by atoms with Gasteiger partial charge in [0.2, 0.25) is 0 Å². The van der Waals surface area contributed by atoms with Crippen LogP contribution in [0.2, 0.25) is 0 Å². The minimum atomic E-state index is -0.459. The fraction of sp³-hybridized carbons (Fsp3) is 0.412. The Hall–Kier alpha value is -2.14. The van der Waals surface area contributed by atoms with Crippen LogP contribution < -0.4 is 5.43 Å². The number of pyridine rings is 1. The summed E-state index contributed by atoms with van der Waals surface area (Å²) in [6.45, 7) is 4.48. The molecule has 5 nitrogen and oxygen atoms in total. The van der Waals surface area contributed by atoms with Crippen molar-refractivity contribution >= 4 is 16.9 Å². The maximum atomic E-state index is 12.8. The largest absolute Gasteiger partial charge is 0.461 e. The minimum absolute atomic E-state index is 0.0793. The molecule has 1 N–H and O–H groups in total. The third-order valence-electron chi connectivity index (χ3n) is 4.07. The molecular weight excluding hydrogens is 280 g/mol. The average Bonchev–Trinajstić information content (AvgIpc) is 3.03. The van der Waals surface area contributed by atoms with Crippen LogP contribution in [0.3, 0.4) is 0 Å². The first-order valence-corrected chi connectivity index (χ1v) is 7.74. The zero-order valence-corrected chi connectivity index (χ0v) is 12.7. The second kappa shape index (κ2) is 6.32. The summed E-state index contributed by atoms with van der Waals surface area (Å²) in [7, 11) is 0. The van der Waals surface area contributed by atoms with Crippen molar-refractivity contribution in [2.24, 2.45) is 0 Å². The molecule has 0 radical (unpaired) electrons. The fourth-order valence-electron chi connectivity index (χ4n) is 2.97. The third-order valence-corrected chi connectivity index (χ3v) is 4.07. The van der Waals surface area contributed by atoms with Crippen LogP contribution >= 0.6 is 0 Å². The van der Waals surface area contributed by atoms with E-state index in [9.17, 15) is 9.59 Å². The molecule has 0 saturated carbocycles. The van der Waals surface area contributed by atoms with Crippen LogP contribution in [0.4, 0.5) is 0 Å². The van der Waals surface area contributed by atoms with Crippen molar-refractivity contribution in [1.82, 2.24) is 9.88 Å². The van der Waals surface area contributed by atoms with Crippen molar-refractivity contribution in [3.8, 4) is 0 Å². The molecule has 5 heteroatoms. The molecule has 2 heterocycles. The Morgan fingerprint density at radius 2 is 2.00 bits per heavy atom. The number of fused-ring (bicyclic) bond motifs is 1. The van der Waals surface area contributed by atoms with Gasteiger partial charge in [0.15, 0.2) is 5.43 Å². The van der Waals surface area contributed by atoms with Crippen molar-refractivity contribution in [2.45, 2.75) is 26.3 Å². The summed E-state index contributed by atoms with van der Waals surface area (Å²) in [6.07, 6.45) is 2.28. The maximum absolute atomic E-state index is 12.8. The minimum Gasteiger partial charge on any atom is -0.461 e. The SMILES string of the molecule is CCOC(=O)c1[nH]c2ccccc2c(=O)c1CN1CCCC1. The summed E-state index contributed by atoms with van der Waals surface area (Å²) < 4.78 is 5.11. The summed E-state index contributed by atoms with van der Waals surface area (Å²) in [4.78, 5) is 30.3. The van der Waals surface area contributed by atoms with E-state index in [4.69, 9.17) is 4.74 Å². The molecule has 1 aliphatic heterocycles. The lowest BCUT2D eigenvalue weighted by Gasteiger charge is -2.17. The van der Waals surface area contributed by atoms with E-state index in [-0.39, 0.29) is 17.7 Å². The van der Waals surface area contributed by atoms with Crippen molar-refractivity contribution in [3.63, 3.8) is 0 Å². The summed E-state index contributed by atoms with van der Waals surface area (Å²) >= 11 is 0. The van der Waals surface area contributed by atoms with Crippen molar-refractivity contribution < 1.29 is 9.53 Å². The molecule has 1 fully saturated rings. The second-order valence-electron chi connectivity index (χ2n) is 5.56. The van der Waals surface area contributed by atoms with Gasteiger partial charge in [0.05, 0.1) is 6.61 Å². The van der Waals surface area contributed by atoms with Crippen LogP contribution in [0, 0.1) is 0 Å². The number of ether oxygens (including phenoxy) is 1. The van der Waals surface area contributed by atoms with E-state index in [1.807, 2.05) is 12.1 Å². The van der Waals surface area contributed by atoms with Crippen LogP contribution in [-0.4, -0.2) is 35.5 Å². The van der Waals surface area contributed by atoms with Crippen molar-refractivity contribution in [1.29, 1.82) is 0 Å². The standard InChI is InChI=1S/C17H20N2O3/c1-2-22-17(21)15-13(11-19-9-5-6-10-19)16(20)12-7-3-4-8-14(12)18-15/h3-4,7-8H,2,5-6,9-11H2,1H3,(H,18,20). The zero-order chi connectivity index (χ0) is 15.5. The highest BCUT2D eigenvalue weighted by Crippen LogP contribution is 2.17. The van der Waals surface area contributed by atoms with Crippen LogP contribution in [0.1, 0.15) is 35.8 Å². The van der Waals surface area contributed by atoms with Gasteiger partial charge >= 0.3 is 5.97 Å². The number of hydrogen-bond acceptors (Lipinski definition) is 4. The van der Waals surface area contributed by atoms with Gasteiger partial charge in [0, 0.05) is 23.0 Å². The molecule has 1 aromatic carbocycles. The van der Waals surface area contributed by atoms with Crippen LogP contribution in [-0.2, 0) is 11.3 Å². The number of aromatic amines is 1. The van der Waals surface area contributed by atoms with E-state index >= 15 is 0 Å². The molecule has 22 heavy (non-hydrogen) atoms. The van der Waals surface area contributed by atoms with Gasteiger partial charge in [-0.1, -0.05) is 12.1 Å². The average molecular weight is 300 g/mol. The number of rotatable bonds is 4. The van der Waals surface area contributed by atoms with Crippen LogP contribution in [0.5, 0.6) is 0 Å². The molecule has 0 amide bonds. The molecule has 0 atom stereocenters. The molecule has 0 aliphatic carbocycles. The second-order valence-corrected chi connectivity index (χ2v) is 5.56. The van der Waals surface area contributed by atoms with Crippen molar-refractivity contribution in [3.05, 3.63) is 45.7 Å². The smallest absolute Gasteiger partial charge is 0.355 e. The number of para-hydroxylation sites is 1. The number of hydrogen-bond donors (Lipinski definition) is 1. The number of nitrogens with zero attached hydrogens (tertiary/aromatic N) is 1. The Balaban J connectivity index is 2.12. The molecule has 2 aromatic rings. The van der Waals surface area contributed by atoms with Gasteiger partial charge in [-0.3, -0.25) is 9.69 Å². The molecule has 0 spiro atoms. The number of nitrogens with one attached hydrogen (secondary N) is 1. The Bertz CT molecular complexity index is 745. The number of carbonyl (C=O) groups is 1. The molecule has 0 bridgehead atoms. The summed E-state index contributed by atoms with van der Waals surface area (Å²) in [5, 5.41) is 0.616. The molecule has 1 aromatic heterocycles. The lowest BCUT2D eigenvalue weighted by atomic mass is 10.1. The van der Waals surface area contributed by atoms with Gasteiger partial charge in [-0.2, -0.15) is 0 Å². The highest BCUT2D eigenvalue weighted by Gasteiger charge is 2.22. The molecular formula is C17H20N2O3. The Kier molecular flexibility index (Phi) is 4.24. The Labute approximate surface area is 128 Å². The third kappa shape index (κ3) is 2.76. The highest BCUT2D eigenvalue weighted by atomic mass is 16.5. The fourth-order valence-corrected chi connectivity index (χ4v) is 2.97. The summed E-state index contributed by atoms with van der Waals surface area (Å²) in [6, 6.07) is 7.27. The van der Waals surface area contributed by atoms with E-state index < -0.39 is 5.97 Å². The van der Waals surface area contributed by atoms with E-state index in [0.29, 0.717) is 23.0 Å². The summed E-state index contributed by atoms with van der Waals surface area (Å²) in [5.41, 5.74) is 1.39. The van der Waals surface area contributed by atoms with Gasteiger partial charge in [-0.05, 0) is 45.0 Å². The quantitative estimate of drug-likeness (QED) is 0.880. The topological polar surface area (TPSA) is 62.4 Å². The van der Waals surface area contributed by atoms with E-state index in [1.165, 1.54) is 0 Å². The maximum Gasteiger partial charge on any atom is 0.355 e. The van der Waals surface area contributed by atoms with Gasteiger partial charge in [-0.15, -0.1) is 0 Å². The van der Waals surface area contributed by atoms with Gasteiger partial charge in [0.1, 0.15) is 5.69 Å².